The van der Waals surface area contributed by atoms with E-state index in [2.05, 4.69) is 5.32 Å². The third kappa shape index (κ3) is 3.40. The number of halogens is 4. The van der Waals surface area contributed by atoms with Gasteiger partial charge in [-0.05, 0) is 30.5 Å². The maximum absolute atomic E-state index is 12.4. The Morgan fingerprint density at radius 3 is 2.76 bits per heavy atom. The molecule has 0 radical (unpaired) electrons. The third-order valence-electron chi connectivity index (χ3n) is 2.71. The first kappa shape index (κ1) is 12.8. The van der Waals surface area contributed by atoms with E-state index in [1.165, 1.54) is 6.07 Å². The number of anilines is 1. The average molecular weight is 357 g/mol. The first-order valence-corrected chi connectivity index (χ1v) is 7.30. The Kier molecular flexibility index (Phi) is 3.70. The van der Waals surface area contributed by atoms with Crippen LogP contribution >= 0.6 is 21.2 Å². The van der Waals surface area contributed by atoms with E-state index in [4.69, 9.17) is 0 Å². The van der Waals surface area contributed by atoms with E-state index >= 15 is 0 Å². The summed E-state index contributed by atoms with van der Waals surface area (Å²) in [5.41, 5.74) is -0.180. The molecule has 0 heterocycles. The van der Waals surface area contributed by atoms with Crippen LogP contribution < -0.4 is 5.32 Å². The van der Waals surface area contributed by atoms with Gasteiger partial charge in [-0.2, -0.15) is 13.2 Å². The van der Waals surface area contributed by atoms with Gasteiger partial charge in [0.25, 0.3) is 0 Å². The molecule has 1 aliphatic carbocycles. The summed E-state index contributed by atoms with van der Waals surface area (Å²) in [7, 11) is 0. The van der Waals surface area contributed by atoms with Crippen molar-refractivity contribution in [2.45, 2.75) is 16.5 Å². The summed E-state index contributed by atoms with van der Waals surface area (Å²) in [6.07, 6.45) is -3.37. The van der Waals surface area contributed by atoms with Crippen LogP contribution in [-0.2, 0) is 9.25 Å². The van der Waals surface area contributed by atoms with Gasteiger partial charge in [-0.15, -0.1) is 0 Å². The van der Waals surface area contributed by atoms with E-state index in [9.17, 15) is 16.2 Å². The molecule has 0 aliphatic heterocycles. The van der Waals surface area contributed by atoms with E-state index in [1.807, 2.05) is 0 Å². The van der Waals surface area contributed by atoms with E-state index in [0.29, 0.717) is 22.1 Å². The second-order valence-corrected chi connectivity index (χ2v) is 6.17. The molecule has 1 aromatic rings. The molecule has 2 unspecified atom stereocenters. The van der Waals surface area contributed by atoms with Crippen LogP contribution in [0.5, 0.6) is 0 Å². The van der Waals surface area contributed by atoms with Crippen LogP contribution in [0.3, 0.4) is 0 Å². The predicted molar refractivity (Wildman–Crippen MR) is 66.5 cm³/mol. The SMILES string of the molecule is O=IC1CC1CNc1cccc(C(F)(F)F)c1. The van der Waals surface area contributed by atoms with Crippen LogP contribution in [0.2, 0.25) is 0 Å². The summed E-state index contributed by atoms with van der Waals surface area (Å²) in [4.78, 5) is 0. The largest absolute Gasteiger partial charge is 0.416 e. The predicted octanol–water partition coefficient (Wildman–Crippen LogP) is 3.82. The number of nitrogens with one attached hydrogen (secondary N) is 1. The Hall–Kier alpha value is -0.660. The van der Waals surface area contributed by atoms with Crippen molar-refractivity contribution in [1.82, 2.24) is 0 Å². The fourth-order valence-electron chi connectivity index (χ4n) is 1.59. The quantitative estimate of drug-likeness (QED) is 0.656. The number of rotatable bonds is 4. The van der Waals surface area contributed by atoms with Crippen LogP contribution in [0, 0.1) is 5.92 Å². The van der Waals surface area contributed by atoms with Crippen molar-refractivity contribution in [3.05, 3.63) is 29.8 Å². The molecule has 0 spiro atoms. The van der Waals surface area contributed by atoms with Crippen molar-refractivity contribution in [3.8, 4) is 0 Å². The lowest BCUT2D eigenvalue weighted by atomic mass is 10.2. The molecule has 0 amide bonds. The van der Waals surface area contributed by atoms with Gasteiger partial charge in [-0.3, -0.25) is 3.07 Å². The molecular formula is C11H11F3INO. The summed E-state index contributed by atoms with van der Waals surface area (Å²) >= 11 is -0.959. The van der Waals surface area contributed by atoms with E-state index in [0.717, 1.165) is 18.6 Å². The summed E-state index contributed by atoms with van der Waals surface area (Å²) in [5, 5.41) is 2.96. The van der Waals surface area contributed by atoms with Gasteiger partial charge < -0.3 is 5.32 Å². The van der Waals surface area contributed by atoms with Crippen molar-refractivity contribution in [1.29, 1.82) is 0 Å². The maximum Gasteiger partial charge on any atom is 0.416 e. The minimum Gasteiger partial charge on any atom is -0.385 e. The zero-order valence-corrected chi connectivity index (χ0v) is 11.0. The zero-order valence-electron chi connectivity index (χ0n) is 8.80. The maximum atomic E-state index is 12.4. The van der Waals surface area contributed by atoms with E-state index in [1.54, 1.807) is 6.07 Å². The zero-order chi connectivity index (χ0) is 12.5. The Bertz CT molecular complexity index is 421. The van der Waals surface area contributed by atoms with E-state index in [-0.39, 0.29) is 0 Å². The highest BCUT2D eigenvalue weighted by atomic mass is 127. The van der Waals surface area contributed by atoms with Gasteiger partial charge in [0.1, 0.15) is 21.2 Å². The van der Waals surface area contributed by atoms with Gasteiger partial charge in [-0.1, -0.05) is 6.07 Å². The van der Waals surface area contributed by atoms with Crippen molar-refractivity contribution in [3.63, 3.8) is 0 Å². The average Bonchev–Trinajstić information content (AvgIpc) is 3.04. The van der Waals surface area contributed by atoms with Crippen LogP contribution in [0.1, 0.15) is 12.0 Å². The van der Waals surface area contributed by atoms with Crippen molar-refractivity contribution in [2.75, 3.05) is 11.9 Å². The lowest BCUT2D eigenvalue weighted by molar-refractivity contribution is -0.137. The van der Waals surface area contributed by atoms with Gasteiger partial charge in [0.15, 0.2) is 0 Å². The van der Waals surface area contributed by atoms with Gasteiger partial charge >= 0.3 is 6.18 Å². The van der Waals surface area contributed by atoms with Gasteiger partial charge in [-0.25, -0.2) is 0 Å². The molecule has 1 aromatic carbocycles. The molecule has 1 saturated carbocycles. The molecule has 2 nitrogen and oxygen atoms in total. The lowest BCUT2D eigenvalue weighted by Gasteiger charge is -2.10. The molecule has 94 valence electrons. The topological polar surface area (TPSA) is 29.1 Å². The van der Waals surface area contributed by atoms with Crippen LogP contribution in [0.15, 0.2) is 24.3 Å². The molecular weight excluding hydrogens is 346 g/mol. The Balaban J connectivity index is 1.95. The Morgan fingerprint density at radius 2 is 2.18 bits per heavy atom. The monoisotopic (exact) mass is 357 g/mol. The molecule has 0 aromatic heterocycles. The number of hydrogen-bond donors (Lipinski definition) is 1. The molecule has 2 rings (SSSR count). The van der Waals surface area contributed by atoms with Gasteiger partial charge in [0.2, 0.25) is 0 Å². The summed E-state index contributed by atoms with van der Waals surface area (Å²) in [5.74, 6) is 0.370. The number of benzene rings is 1. The van der Waals surface area contributed by atoms with Crippen LogP contribution in [0.25, 0.3) is 0 Å². The molecule has 1 aliphatic rings. The fraction of sp³-hybridized carbons (Fsp3) is 0.455. The summed E-state index contributed by atoms with van der Waals surface area (Å²) in [6, 6.07) is 5.15. The standard InChI is InChI=1S/C11H11F3INO/c12-11(13,14)8-2-1-3-9(5-8)16-6-7-4-10(7)15-17/h1-3,5,7,10,16H,4,6H2. The summed E-state index contributed by atoms with van der Waals surface area (Å²) in [6.45, 7) is 0.605. The first-order chi connectivity index (χ1) is 8.00. The lowest BCUT2D eigenvalue weighted by Crippen LogP contribution is -2.08. The minimum atomic E-state index is -4.31. The molecule has 1 fully saturated rings. The Labute approximate surface area is 107 Å². The fourth-order valence-corrected chi connectivity index (χ4v) is 3.12. The first-order valence-electron chi connectivity index (χ1n) is 5.17. The molecule has 6 heteroatoms. The normalized spacial score (nSPS) is 23.5. The van der Waals surface area contributed by atoms with Crippen molar-refractivity contribution in [2.24, 2.45) is 5.92 Å². The van der Waals surface area contributed by atoms with Crippen LogP contribution in [0.4, 0.5) is 18.9 Å². The van der Waals surface area contributed by atoms with Gasteiger partial charge in [0, 0.05) is 16.2 Å². The Morgan fingerprint density at radius 1 is 1.41 bits per heavy atom. The number of hydrogen-bond acceptors (Lipinski definition) is 2. The van der Waals surface area contributed by atoms with Crippen LogP contribution in [-0.4, -0.2) is 10.5 Å². The smallest absolute Gasteiger partial charge is 0.385 e. The molecule has 1 N–H and O–H groups in total. The molecule has 0 saturated heterocycles. The molecule has 17 heavy (non-hydrogen) atoms. The second kappa shape index (κ2) is 4.91. The minimum absolute atomic E-state index is 0.312. The number of alkyl halides is 4. The highest BCUT2D eigenvalue weighted by molar-refractivity contribution is 14.1. The van der Waals surface area contributed by atoms with Gasteiger partial charge in [0.05, 0.1) is 5.56 Å². The highest BCUT2D eigenvalue weighted by Crippen LogP contribution is 2.41. The molecule has 0 bridgehead atoms. The third-order valence-corrected chi connectivity index (χ3v) is 4.89. The summed E-state index contributed by atoms with van der Waals surface area (Å²) < 4.78 is 48.2. The van der Waals surface area contributed by atoms with Crippen molar-refractivity contribution >= 4 is 26.9 Å². The van der Waals surface area contributed by atoms with Crippen molar-refractivity contribution < 1.29 is 16.2 Å². The second-order valence-electron chi connectivity index (χ2n) is 4.06. The van der Waals surface area contributed by atoms with E-state index < -0.39 is 32.9 Å². The molecule has 2 atom stereocenters. The highest BCUT2D eigenvalue weighted by Gasteiger charge is 2.37.